The van der Waals surface area contributed by atoms with E-state index < -0.39 is 0 Å². The van der Waals surface area contributed by atoms with Gasteiger partial charge in [0, 0.05) is 0 Å². The normalized spacial score (nSPS) is 14.6. The zero-order valence-corrected chi connectivity index (χ0v) is 13.3. The van der Waals surface area contributed by atoms with Gasteiger partial charge in [0.2, 0.25) is 0 Å². The molecule has 0 spiro atoms. The van der Waals surface area contributed by atoms with Crippen molar-refractivity contribution in [2.24, 2.45) is 11.3 Å². The quantitative estimate of drug-likeness (QED) is 0.651. The van der Waals surface area contributed by atoms with E-state index in [9.17, 15) is 0 Å². The summed E-state index contributed by atoms with van der Waals surface area (Å²) in [7, 11) is 0. The number of rotatable bonds is 3. The molecule has 0 aliphatic rings. The third-order valence-corrected chi connectivity index (χ3v) is 4.14. The van der Waals surface area contributed by atoms with Crippen molar-refractivity contribution in [3.8, 4) is 0 Å². The van der Waals surface area contributed by atoms with Crippen LogP contribution in [0.2, 0.25) is 0 Å². The predicted molar refractivity (Wildman–Crippen MR) is 82.1 cm³/mol. The molecule has 0 saturated heterocycles. The van der Waals surface area contributed by atoms with Gasteiger partial charge in [0.05, 0.1) is 0 Å². The van der Waals surface area contributed by atoms with Crippen molar-refractivity contribution < 1.29 is 0 Å². The van der Waals surface area contributed by atoms with E-state index in [4.69, 9.17) is 0 Å². The maximum atomic E-state index is 2.38. The maximum absolute atomic E-state index is 2.38. The van der Waals surface area contributed by atoms with Crippen LogP contribution in [0.15, 0.2) is 24.3 Å². The van der Waals surface area contributed by atoms with E-state index in [0.29, 0.717) is 5.41 Å². The second-order valence-corrected chi connectivity index (χ2v) is 7.76. The number of aryl methyl sites for hydroxylation is 1. The molecule has 0 fully saturated rings. The Hall–Kier alpha value is -0.780. The Bertz CT molecular complexity index is 374. The molecule has 1 unspecified atom stereocenters. The van der Waals surface area contributed by atoms with Crippen LogP contribution in [-0.2, 0) is 11.8 Å². The zero-order chi connectivity index (χ0) is 14.0. The van der Waals surface area contributed by atoms with Crippen molar-refractivity contribution in [1.29, 1.82) is 0 Å². The van der Waals surface area contributed by atoms with Gasteiger partial charge in [-0.15, -0.1) is 0 Å². The van der Waals surface area contributed by atoms with Gasteiger partial charge in [-0.1, -0.05) is 72.7 Å². The lowest BCUT2D eigenvalue weighted by atomic mass is 9.78. The van der Waals surface area contributed by atoms with Gasteiger partial charge in [0.25, 0.3) is 0 Å². The average molecular weight is 246 g/mol. The molecule has 102 valence electrons. The van der Waals surface area contributed by atoms with Gasteiger partial charge in [-0.2, -0.15) is 0 Å². The minimum absolute atomic E-state index is 0.256. The summed E-state index contributed by atoms with van der Waals surface area (Å²) < 4.78 is 0. The van der Waals surface area contributed by atoms with E-state index in [1.165, 1.54) is 24.0 Å². The minimum Gasteiger partial charge on any atom is -0.0620 e. The van der Waals surface area contributed by atoms with E-state index in [-0.39, 0.29) is 5.41 Å². The number of hydrogen-bond donors (Lipinski definition) is 0. The lowest BCUT2D eigenvalue weighted by molar-refractivity contribution is 0.247. The first-order chi connectivity index (χ1) is 8.10. The summed E-state index contributed by atoms with van der Waals surface area (Å²) in [5, 5.41) is 0. The predicted octanol–water partition coefficient (Wildman–Crippen LogP) is 5.60. The van der Waals surface area contributed by atoms with Gasteiger partial charge in [0.1, 0.15) is 0 Å². The molecule has 18 heavy (non-hydrogen) atoms. The molecule has 0 nitrogen and oxygen atoms in total. The molecular formula is C18H30. The molecule has 1 aromatic carbocycles. The van der Waals surface area contributed by atoms with Gasteiger partial charge < -0.3 is 0 Å². The summed E-state index contributed by atoms with van der Waals surface area (Å²) in [6.07, 6.45) is 2.47. The summed E-state index contributed by atoms with van der Waals surface area (Å²) >= 11 is 0. The van der Waals surface area contributed by atoms with Crippen LogP contribution in [0.4, 0.5) is 0 Å². The van der Waals surface area contributed by atoms with Crippen molar-refractivity contribution in [3.05, 3.63) is 35.4 Å². The first-order valence-corrected chi connectivity index (χ1v) is 7.20. The van der Waals surface area contributed by atoms with Crippen LogP contribution in [0.3, 0.4) is 0 Å². The van der Waals surface area contributed by atoms with E-state index in [1.54, 1.807) is 0 Å². The lowest BCUT2D eigenvalue weighted by Gasteiger charge is -2.27. The van der Waals surface area contributed by atoms with Gasteiger partial charge in [-0.25, -0.2) is 0 Å². The van der Waals surface area contributed by atoms with Crippen LogP contribution >= 0.6 is 0 Å². The Kier molecular flexibility index (Phi) is 4.64. The molecule has 1 aromatic rings. The van der Waals surface area contributed by atoms with Gasteiger partial charge >= 0.3 is 0 Å². The smallest absolute Gasteiger partial charge is 0.0132 e. The standard InChI is InChI=1S/C18H30/c1-14(17(2,3)4)11-12-15-9-8-10-16(13-15)18(5,6)7/h8-10,13-14H,11-12H2,1-7H3. The molecule has 0 aromatic heterocycles. The van der Waals surface area contributed by atoms with E-state index in [1.807, 2.05) is 0 Å². The monoisotopic (exact) mass is 246 g/mol. The molecule has 0 aliphatic carbocycles. The Morgan fingerprint density at radius 3 is 2.11 bits per heavy atom. The average Bonchev–Trinajstić information content (AvgIpc) is 2.23. The molecule has 0 bridgehead atoms. The molecule has 0 amide bonds. The third-order valence-electron chi connectivity index (χ3n) is 4.14. The second-order valence-electron chi connectivity index (χ2n) is 7.76. The molecule has 0 radical (unpaired) electrons. The summed E-state index contributed by atoms with van der Waals surface area (Å²) in [6, 6.07) is 9.11. The number of hydrogen-bond acceptors (Lipinski definition) is 0. The van der Waals surface area contributed by atoms with E-state index in [0.717, 1.165) is 5.92 Å². The molecule has 0 aliphatic heterocycles. The zero-order valence-electron chi connectivity index (χ0n) is 13.3. The summed E-state index contributed by atoms with van der Waals surface area (Å²) in [5.74, 6) is 0.760. The van der Waals surface area contributed by atoms with E-state index >= 15 is 0 Å². The topological polar surface area (TPSA) is 0 Å². The lowest BCUT2D eigenvalue weighted by Crippen LogP contribution is -2.18. The largest absolute Gasteiger partial charge is 0.0620 e. The first kappa shape index (κ1) is 15.3. The fourth-order valence-corrected chi connectivity index (χ4v) is 2.01. The van der Waals surface area contributed by atoms with Crippen molar-refractivity contribution in [3.63, 3.8) is 0 Å². The Balaban J connectivity index is 2.69. The van der Waals surface area contributed by atoms with Crippen LogP contribution in [0.5, 0.6) is 0 Å². The summed E-state index contributed by atoms with van der Waals surface area (Å²) in [5.41, 5.74) is 3.61. The van der Waals surface area contributed by atoms with Crippen LogP contribution < -0.4 is 0 Å². The minimum atomic E-state index is 0.256. The van der Waals surface area contributed by atoms with Crippen LogP contribution in [0.1, 0.15) is 66.0 Å². The van der Waals surface area contributed by atoms with Crippen LogP contribution in [0, 0.1) is 11.3 Å². The van der Waals surface area contributed by atoms with Crippen molar-refractivity contribution in [2.45, 2.75) is 66.7 Å². The Morgan fingerprint density at radius 1 is 1.00 bits per heavy atom. The molecule has 0 heteroatoms. The highest BCUT2D eigenvalue weighted by molar-refractivity contribution is 5.28. The highest BCUT2D eigenvalue weighted by Gasteiger charge is 2.20. The molecule has 1 atom stereocenters. The van der Waals surface area contributed by atoms with Crippen LogP contribution in [0.25, 0.3) is 0 Å². The van der Waals surface area contributed by atoms with Crippen molar-refractivity contribution >= 4 is 0 Å². The molecule has 0 heterocycles. The Morgan fingerprint density at radius 2 is 1.61 bits per heavy atom. The second kappa shape index (κ2) is 5.47. The SMILES string of the molecule is CC(CCc1cccc(C(C)(C)C)c1)C(C)(C)C. The molecule has 0 saturated carbocycles. The summed E-state index contributed by atoms with van der Waals surface area (Å²) in [4.78, 5) is 0. The number of benzene rings is 1. The fraction of sp³-hybridized carbons (Fsp3) is 0.667. The molecular weight excluding hydrogens is 216 g/mol. The first-order valence-electron chi connectivity index (χ1n) is 7.20. The summed E-state index contributed by atoms with van der Waals surface area (Å²) in [6.45, 7) is 16.2. The van der Waals surface area contributed by atoms with Gasteiger partial charge in [-0.05, 0) is 40.7 Å². The van der Waals surface area contributed by atoms with E-state index in [2.05, 4.69) is 72.7 Å². The van der Waals surface area contributed by atoms with Crippen molar-refractivity contribution in [1.82, 2.24) is 0 Å². The fourth-order valence-electron chi connectivity index (χ4n) is 2.01. The molecule has 1 rings (SSSR count). The third kappa shape index (κ3) is 4.48. The highest BCUT2D eigenvalue weighted by Crippen LogP contribution is 2.30. The van der Waals surface area contributed by atoms with Crippen LogP contribution in [-0.4, -0.2) is 0 Å². The Labute approximate surface area is 114 Å². The maximum Gasteiger partial charge on any atom is -0.0132 e. The van der Waals surface area contributed by atoms with Gasteiger partial charge in [0.15, 0.2) is 0 Å². The highest BCUT2D eigenvalue weighted by atomic mass is 14.2. The van der Waals surface area contributed by atoms with Gasteiger partial charge in [-0.3, -0.25) is 0 Å². The van der Waals surface area contributed by atoms with Crippen molar-refractivity contribution in [2.75, 3.05) is 0 Å². The molecule has 0 N–H and O–H groups in total.